The Hall–Kier alpha value is -2.61. The summed E-state index contributed by atoms with van der Waals surface area (Å²) < 4.78 is 10.9. The number of rotatable bonds is 6. The monoisotopic (exact) mass is 483 g/mol. The number of hydrogen-bond donors (Lipinski definition) is 0. The molecule has 1 amide bonds. The highest BCUT2D eigenvalue weighted by molar-refractivity contribution is 5.68. The molecule has 0 spiro atoms. The van der Waals surface area contributed by atoms with Gasteiger partial charge in [0.1, 0.15) is 5.60 Å². The van der Waals surface area contributed by atoms with Crippen LogP contribution in [-0.2, 0) is 4.74 Å². The predicted octanol–water partition coefficient (Wildman–Crippen LogP) is 5.02. The number of anilines is 1. The number of piperidine rings is 1. The minimum Gasteiger partial charge on any atom is -0.444 e. The maximum absolute atomic E-state index is 12.3. The number of amides is 1. The van der Waals surface area contributed by atoms with E-state index in [0.717, 1.165) is 70.0 Å². The van der Waals surface area contributed by atoms with Crippen LogP contribution < -0.4 is 4.90 Å². The van der Waals surface area contributed by atoms with Gasteiger partial charge in [-0.1, -0.05) is 19.0 Å². The van der Waals surface area contributed by atoms with Crippen LogP contribution in [-0.4, -0.2) is 77.4 Å². The predicted molar refractivity (Wildman–Crippen MR) is 138 cm³/mol. The van der Waals surface area contributed by atoms with Crippen LogP contribution in [0, 0.1) is 5.92 Å². The molecule has 192 valence electrons. The highest BCUT2D eigenvalue weighted by atomic mass is 16.6. The SMILES string of the molecule is CC(C)c1noc(-c2ccc(N3CCN(CCC4CCN(C(=O)OC(C)(C)C)CC4)CC3)cc2)n1. The van der Waals surface area contributed by atoms with Crippen molar-refractivity contribution in [1.29, 1.82) is 0 Å². The number of ether oxygens (including phenoxy) is 1. The Morgan fingerprint density at radius 3 is 2.29 bits per heavy atom. The molecular formula is C27H41N5O3. The Bertz CT molecular complexity index is 950. The summed E-state index contributed by atoms with van der Waals surface area (Å²) >= 11 is 0. The third-order valence-electron chi connectivity index (χ3n) is 6.93. The molecule has 4 rings (SSSR count). The molecule has 0 bridgehead atoms. The smallest absolute Gasteiger partial charge is 0.410 e. The van der Waals surface area contributed by atoms with Crippen LogP contribution in [0.2, 0.25) is 0 Å². The van der Waals surface area contributed by atoms with Gasteiger partial charge in [0.25, 0.3) is 5.89 Å². The second-order valence-electron chi connectivity index (χ2n) is 11.2. The first-order valence-electron chi connectivity index (χ1n) is 13.1. The van der Waals surface area contributed by atoms with Gasteiger partial charge in [0.2, 0.25) is 0 Å². The van der Waals surface area contributed by atoms with Crippen molar-refractivity contribution in [2.75, 3.05) is 50.7 Å². The highest BCUT2D eigenvalue weighted by Gasteiger charge is 2.27. The third-order valence-corrected chi connectivity index (χ3v) is 6.93. The van der Waals surface area contributed by atoms with Gasteiger partial charge in [-0.05, 0) is 76.8 Å². The molecule has 3 heterocycles. The number of carbonyl (C=O) groups is 1. The van der Waals surface area contributed by atoms with Crippen LogP contribution in [0.1, 0.15) is 65.6 Å². The minimum absolute atomic E-state index is 0.169. The minimum atomic E-state index is -0.427. The van der Waals surface area contributed by atoms with Crippen molar-refractivity contribution in [1.82, 2.24) is 19.9 Å². The zero-order valence-electron chi connectivity index (χ0n) is 22.0. The highest BCUT2D eigenvalue weighted by Crippen LogP contribution is 2.25. The van der Waals surface area contributed by atoms with Crippen LogP contribution >= 0.6 is 0 Å². The fraction of sp³-hybridized carbons (Fsp3) is 0.667. The molecule has 1 aromatic carbocycles. The summed E-state index contributed by atoms with van der Waals surface area (Å²) in [5.41, 5.74) is 1.78. The zero-order valence-corrected chi connectivity index (χ0v) is 22.0. The standard InChI is InChI=1S/C27H41N5O3/c1-20(2)24-28-25(35-29-24)22-6-8-23(9-7-22)31-18-16-30(17-19-31)13-10-21-11-14-32(15-12-21)26(33)34-27(3,4)5/h6-9,20-21H,10-19H2,1-5H3. The maximum Gasteiger partial charge on any atom is 0.410 e. The van der Waals surface area contributed by atoms with Crippen LogP contribution in [0.4, 0.5) is 10.5 Å². The van der Waals surface area contributed by atoms with Gasteiger partial charge in [0.05, 0.1) is 0 Å². The average Bonchev–Trinajstić information content (AvgIpc) is 3.33. The molecule has 0 radical (unpaired) electrons. The van der Waals surface area contributed by atoms with Gasteiger partial charge in [0.15, 0.2) is 5.82 Å². The number of piperazine rings is 1. The number of aromatic nitrogens is 2. The Morgan fingerprint density at radius 2 is 1.71 bits per heavy atom. The van der Waals surface area contributed by atoms with Gasteiger partial charge < -0.3 is 19.1 Å². The van der Waals surface area contributed by atoms with Crippen molar-refractivity contribution in [3.8, 4) is 11.5 Å². The van der Waals surface area contributed by atoms with Crippen LogP contribution in [0.15, 0.2) is 28.8 Å². The molecule has 0 atom stereocenters. The molecule has 0 saturated carbocycles. The molecule has 2 aromatic rings. The number of likely N-dealkylation sites (tertiary alicyclic amines) is 1. The Kier molecular flexibility index (Phi) is 7.99. The molecular weight excluding hydrogens is 442 g/mol. The van der Waals surface area contributed by atoms with Gasteiger partial charge in [-0.15, -0.1) is 0 Å². The normalized spacial score (nSPS) is 18.3. The molecule has 0 aliphatic carbocycles. The fourth-order valence-electron chi connectivity index (χ4n) is 4.73. The van der Waals surface area contributed by atoms with E-state index in [2.05, 4.69) is 58.1 Å². The van der Waals surface area contributed by atoms with Crippen molar-refractivity contribution in [2.45, 2.75) is 65.4 Å². The van der Waals surface area contributed by atoms with Crippen LogP contribution in [0.25, 0.3) is 11.5 Å². The Morgan fingerprint density at radius 1 is 1.06 bits per heavy atom. The first-order chi connectivity index (χ1) is 16.7. The summed E-state index contributed by atoms with van der Waals surface area (Å²) in [4.78, 5) is 23.7. The van der Waals surface area contributed by atoms with E-state index in [1.807, 2.05) is 25.7 Å². The summed E-state index contributed by atoms with van der Waals surface area (Å²) in [5, 5.41) is 4.06. The number of hydrogen-bond acceptors (Lipinski definition) is 7. The van der Waals surface area contributed by atoms with Crippen molar-refractivity contribution in [3.05, 3.63) is 30.1 Å². The van der Waals surface area contributed by atoms with E-state index >= 15 is 0 Å². The van der Waals surface area contributed by atoms with Crippen molar-refractivity contribution in [3.63, 3.8) is 0 Å². The average molecular weight is 484 g/mol. The fourth-order valence-corrected chi connectivity index (χ4v) is 4.73. The second-order valence-corrected chi connectivity index (χ2v) is 11.2. The number of benzene rings is 1. The Labute approximate surface area is 209 Å². The molecule has 8 nitrogen and oxygen atoms in total. The molecule has 2 saturated heterocycles. The van der Waals surface area contributed by atoms with Gasteiger partial charge in [-0.2, -0.15) is 4.98 Å². The number of nitrogens with zero attached hydrogens (tertiary/aromatic N) is 5. The van der Waals surface area contributed by atoms with Crippen LogP contribution in [0.3, 0.4) is 0 Å². The Balaban J connectivity index is 1.17. The van der Waals surface area contributed by atoms with E-state index in [9.17, 15) is 4.79 Å². The van der Waals surface area contributed by atoms with Gasteiger partial charge in [-0.25, -0.2) is 4.79 Å². The van der Waals surface area contributed by atoms with Crippen LogP contribution in [0.5, 0.6) is 0 Å². The van der Waals surface area contributed by atoms with Crippen molar-refractivity contribution in [2.24, 2.45) is 5.92 Å². The van der Waals surface area contributed by atoms with E-state index in [0.29, 0.717) is 11.8 Å². The molecule has 2 aliphatic rings. The molecule has 2 aliphatic heterocycles. The topological polar surface area (TPSA) is 74.9 Å². The van der Waals surface area contributed by atoms with E-state index in [1.54, 1.807) is 0 Å². The van der Waals surface area contributed by atoms with Gasteiger partial charge in [0, 0.05) is 56.4 Å². The first kappa shape index (κ1) is 25.5. The van der Waals surface area contributed by atoms with E-state index in [4.69, 9.17) is 9.26 Å². The largest absolute Gasteiger partial charge is 0.444 e. The molecule has 0 unspecified atom stereocenters. The first-order valence-corrected chi connectivity index (χ1v) is 13.1. The quantitative estimate of drug-likeness (QED) is 0.571. The maximum atomic E-state index is 12.3. The molecule has 1 aromatic heterocycles. The zero-order chi connectivity index (χ0) is 25.0. The number of carbonyl (C=O) groups excluding carboxylic acids is 1. The second kappa shape index (κ2) is 11.0. The van der Waals surface area contributed by atoms with E-state index < -0.39 is 5.60 Å². The lowest BCUT2D eigenvalue weighted by molar-refractivity contribution is 0.0177. The van der Waals surface area contributed by atoms with Gasteiger partial charge >= 0.3 is 6.09 Å². The summed E-state index contributed by atoms with van der Waals surface area (Å²) in [5.74, 6) is 2.28. The summed E-state index contributed by atoms with van der Waals surface area (Å²) in [6.07, 6.45) is 3.19. The molecule has 35 heavy (non-hydrogen) atoms. The van der Waals surface area contributed by atoms with Crippen molar-refractivity contribution < 1.29 is 14.1 Å². The molecule has 8 heteroatoms. The van der Waals surface area contributed by atoms with Gasteiger partial charge in [-0.3, -0.25) is 4.90 Å². The molecule has 0 N–H and O–H groups in total. The lowest BCUT2D eigenvalue weighted by atomic mass is 9.93. The lowest BCUT2D eigenvalue weighted by Gasteiger charge is -2.38. The third kappa shape index (κ3) is 6.97. The van der Waals surface area contributed by atoms with E-state index in [-0.39, 0.29) is 12.0 Å². The van der Waals surface area contributed by atoms with Crippen molar-refractivity contribution >= 4 is 11.8 Å². The molecule has 2 fully saturated rings. The lowest BCUT2D eigenvalue weighted by Crippen LogP contribution is -2.47. The van der Waals surface area contributed by atoms with E-state index in [1.165, 1.54) is 12.1 Å². The summed E-state index contributed by atoms with van der Waals surface area (Å²) in [7, 11) is 0. The summed E-state index contributed by atoms with van der Waals surface area (Å²) in [6, 6.07) is 8.46. The summed E-state index contributed by atoms with van der Waals surface area (Å²) in [6.45, 7) is 16.9.